The second-order valence-corrected chi connectivity index (χ2v) is 16.7. The van der Waals surface area contributed by atoms with Gasteiger partial charge in [0.25, 0.3) is 0 Å². The molecule has 0 fully saturated rings. The molecule has 0 aliphatic carbocycles. The van der Waals surface area contributed by atoms with E-state index in [1.165, 1.54) is 58.8 Å². The van der Waals surface area contributed by atoms with Crippen LogP contribution < -0.4 is 0 Å². The van der Waals surface area contributed by atoms with E-state index in [2.05, 4.69) is 187 Å². The number of nitrogens with zero attached hydrogens (tertiary/aromatic N) is 4. The van der Waals surface area contributed by atoms with Crippen molar-refractivity contribution in [3.63, 3.8) is 0 Å². The molecule has 0 saturated heterocycles. The smallest absolute Gasteiger partial charge is 0.164 e. The normalized spacial score (nSPS) is 11.5. The summed E-state index contributed by atoms with van der Waals surface area (Å²) in [7, 11) is 0. The molecule has 0 spiro atoms. The van der Waals surface area contributed by atoms with E-state index in [9.17, 15) is 0 Å². The molecule has 0 aliphatic heterocycles. The molecular formula is C57H36N4S. The molecule has 9 aromatic carbocycles. The van der Waals surface area contributed by atoms with Gasteiger partial charge in [0.15, 0.2) is 17.5 Å². The Balaban J connectivity index is 1.04. The third-order valence-corrected chi connectivity index (χ3v) is 13.0. The van der Waals surface area contributed by atoms with Crippen LogP contribution in [0, 0.1) is 0 Å². The molecule has 0 bridgehead atoms. The van der Waals surface area contributed by atoms with Crippen LogP contribution in [-0.2, 0) is 0 Å². The third-order valence-electron chi connectivity index (χ3n) is 11.9. The summed E-state index contributed by atoms with van der Waals surface area (Å²) in [5, 5.41) is 4.77. The predicted octanol–water partition coefficient (Wildman–Crippen LogP) is 15.3. The van der Waals surface area contributed by atoms with Gasteiger partial charge in [-0.2, -0.15) is 0 Å². The zero-order chi connectivity index (χ0) is 41.0. The second kappa shape index (κ2) is 14.9. The van der Waals surface area contributed by atoms with Gasteiger partial charge in [0.1, 0.15) is 0 Å². The fraction of sp³-hybridized carbons (Fsp3) is 0. The average Bonchev–Trinajstić information content (AvgIpc) is 3.90. The van der Waals surface area contributed by atoms with Gasteiger partial charge in [0.05, 0.1) is 11.0 Å². The van der Waals surface area contributed by atoms with E-state index in [-0.39, 0.29) is 0 Å². The first-order chi connectivity index (χ1) is 30.7. The van der Waals surface area contributed by atoms with Crippen molar-refractivity contribution in [2.24, 2.45) is 0 Å². The Bertz CT molecular complexity index is 3560. The summed E-state index contributed by atoms with van der Waals surface area (Å²) in [6, 6.07) is 77.7. The quantitative estimate of drug-likeness (QED) is 0.161. The number of rotatable bonds is 7. The topological polar surface area (TPSA) is 43.6 Å². The summed E-state index contributed by atoms with van der Waals surface area (Å²) in [6.07, 6.45) is 0. The van der Waals surface area contributed by atoms with Crippen LogP contribution >= 0.6 is 11.3 Å². The summed E-state index contributed by atoms with van der Waals surface area (Å²) in [4.78, 5) is 15.2. The van der Waals surface area contributed by atoms with Crippen molar-refractivity contribution in [2.75, 3.05) is 0 Å². The monoisotopic (exact) mass is 808 g/mol. The molecule has 0 saturated carbocycles. The molecule has 0 atom stereocenters. The van der Waals surface area contributed by atoms with Crippen molar-refractivity contribution in [1.82, 2.24) is 19.5 Å². The highest BCUT2D eigenvalue weighted by Gasteiger charge is 2.19. The summed E-state index contributed by atoms with van der Waals surface area (Å²) in [5.74, 6) is 1.97. The number of hydrogen-bond acceptors (Lipinski definition) is 4. The summed E-state index contributed by atoms with van der Waals surface area (Å²) in [5.41, 5.74) is 13.5. The van der Waals surface area contributed by atoms with Crippen molar-refractivity contribution < 1.29 is 0 Å². The number of para-hydroxylation sites is 1. The van der Waals surface area contributed by atoms with E-state index in [4.69, 9.17) is 15.0 Å². The van der Waals surface area contributed by atoms with Crippen LogP contribution in [-0.4, -0.2) is 19.5 Å². The number of aromatic nitrogens is 4. The van der Waals surface area contributed by atoms with E-state index >= 15 is 0 Å². The highest BCUT2D eigenvalue weighted by Crippen LogP contribution is 2.43. The zero-order valence-electron chi connectivity index (χ0n) is 33.5. The van der Waals surface area contributed by atoms with E-state index in [1.54, 1.807) is 11.3 Å². The highest BCUT2D eigenvalue weighted by molar-refractivity contribution is 7.26. The van der Waals surface area contributed by atoms with Crippen molar-refractivity contribution >= 4 is 53.3 Å². The van der Waals surface area contributed by atoms with E-state index in [1.807, 2.05) is 36.4 Å². The van der Waals surface area contributed by atoms with Crippen LogP contribution in [0.5, 0.6) is 0 Å². The maximum absolute atomic E-state index is 5.14. The molecule has 0 unspecified atom stereocenters. The second-order valence-electron chi connectivity index (χ2n) is 15.6. The molecule has 3 heterocycles. The average molecular weight is 809 g/mol. The molecule has 62 heavy (non-hydrogen) atoms. The molecule has 3 aromatic heterocycles. The van der Waals surface area contributed by atoms with Gasteiger partial charge in [-0.05, 0) is 88.0 Å². The molecule has 0 amide bonds. The number of hydrogen-bond donors (Lipinski definition) is 0. The maximum atomic E-state index is 5.14. The fourth-order valence-electron chi connectivity index (χ4n) is 8.95. The van der Waals surface area contributed by atoms with Crippen LogP contribution in [0.4, 0.5) is 0 Å². The largest absolute Gasteiger partial charge is 0.309 e. The molecule has 12 rings (SSSR count). The Morgan fingerprint density at radius 3 is 1.40 bits per heavy atom. The minimum Gasteiger partial charge on any atom is -0.309 e. The van der Waals surface area contributed by atoms with Crippen LogP contribution in [0.2, 0.25) is 0 Å². The maximum Gasteiger partial charge on any atom is 0.164 e. The molecule has 4 nitrogen and oxygen atoms in total. The van der Waals surface area contributed by atoms with Gasteiger partial charge in [-0.25, -0.2) is 15.0 Å². The van der Waals surface area contributed by atoms with Crippen molar-refractivity contribution in [3.05, 3.63) is 218 Å². The summed E-state index contributed by atoms with van der Waals surface area (Å²) in [6.45, 7) is 0. The molecule has 0 N–H and O–H groups in total. The van der Waals surface area contributed by atoms with Gasteiger partial charge in [-0.1, -0.05) is 164 Å². The lowest BCUT2D eigenvalue weighted by atomic mass is 9.93. The van der Waals surface area contributed by atoms with Gasteiger partial charge >= 0.3 is 0 Å². The third kappa shape index (κ3) is 6.18. The van der Waals surface area contributed by atoms with Gasteiger partial charge in [0, 0.05) is 53.3 Å². The predicted molar refractivity (Wildman–Crippen MR) is 260 cm³/mol. The van der Waals surface area contributed by atoms with Crippen molar-refractivity contribution in [3.8, 4) is 73.2 Å². The van der Waals surface area contributed by atoms with Crippen LogP contribution in [0.1, 0.15) is 0 Å². The van der Waals surface area contributed by atoms with Gasteiger partial charge in [-0.15, -0.1) is 11.3 Å². The van der Waals surface area contributed by atoms with Crippen LogP contribution in [0.3, 0.4) is 0 Å². The van der Waals surface area contributed by atoms with Gasteiger partial charge in [-0.3, -0.25) is 0 Å². The first-order valence-corrected chi connectivity index (χ1v) is 21.7. The SMILES string of the molecule is c1ccc(-c2nc(-c3ccccc3)nc(-c3cccc4sc5ccc(-c6ccc7c(c6)c6cc(-c8ccccc8-c8ccccc8)ccc6n7-c6ccccc6)cc5c34)n2)cc1. The Kier molecular flexibility index (Phi) is 8.65. The molecule has 290 valence electrons. The van der Waals surface area contributed by atoms with Crippen molar-refractivity contribution in [1.29, 1.82) is 0 Å². The molecule has 5 heteroatoms. The van der Waals surface area contributed by atoms with E-state index in [0.717, 1.165) is 38.9 Å². The first kappa shape index (κ1) is 35.9. The molecule has 0 aliphatic rings. The Morgan fingerprint density at radius 1 is 0.306 bits per heavy atom. The summed E-state index contributed by atoms with van der Waals surface area (Å²) >= 11 is 1.81. The van der Waals surface area contributed by atoms with Crippen LogP contribution in [0.15, 0.2) is 218 Å². The van der Waals surface area contributed by atoms with E-state index < -0.39 is 0 Å². The number of fused-ring (bicyclic) bond motifs is 6. The first-order valence-electron chi connectivity index (χ1n) is 20.8. The number of benzene rings is 9. The fourth-order valence-corrected chi connectivity index (χ4v) is 10.1. The van der Waals surface area contributed by atoms with Gasteiger partial charge in [0.2, 0.25) is 0 Å². The minimum atomic E-state index is 0.654. The summed E-state index contributed by atoms with van der Waals surface area (Å²) < 4.78 is 4.81. The highest BCUT2D eigenvalue weighted by atomic mass is 32.1. The standard InChI is InChI=1S/C57H36N4S/c1-5-16-37(17-6-1)44-24-13-14-25-45(44)42-29-32-51-48(36-42)47-34-40(28-31-50(47)61(51)43-22-11-4-12-23-43)41-30-33-52-49(35-41)54-46(26-15-27-53(54)62-52)57-59-55(38-18-7-2-8-19-38)58-56(60-57)39-20-9-3-10-21-39/h1-36H. The minimum absolute atomic E-state index is 0.654. The molecule has 12 aromatic rings. The van der Waals surface area contributed by atoms with Crippen molar-refractivity contribution in [2.45, 2.75) is 0 Å². The van der Waals surface area contributed by atoms with Crippen LogP contribution in [0.25, 0.3) is 115 Å². The number of thiophene rings is 1. The Labute approximate surface area is 362 Å². The lowest BCUT2D eigenvalue weighted by Crippen LogP contribution is -2.00. The Hall–Kier alpha value is -7.99. The van der Waals surface area contributed by atoms with Gasteiger partial charge < -0.3 is 4.57 Å². The lowest BCUT2D eigenvalue weighted by molar-refractivity contribution is 1.08. The Morgan fingerprint density at radius 2 is 0.774 bits per heavy atom. The molecular weight excluding hydrogens is 773 g/mol. The van der Waals surface area contributed by atoms with E-state index in [0.29, 0.717) is 17.5 Å². The zero-order valence-corrected chi connectivity index (χ0v) is 34.3. The lowest BCUT2D eigenvalue weighted by Gasteiger charge is -2.11. The molecule has 0 radical (unpaired) electrons.